The van der Waals surface area contributed by atoms with Crippen LogP contribution in [0, 0.1) is 11.7 Å². The minimum Gasteiger partial charge on any atom is -0.409 e. The van der Waals surface area contributed by atoms with Crippen molar-refractivity contribution in [3.8, 4) is 0 Å². The van der Waals surface area contributed by atoms with Crippen molar-refractivity contribution >= 4 is 5.84 Å². The van der Waals surface area contributed by atoms with E-state index in [0.29, 0.717) is 18.0 Å². The molecule has 1 saturated heterocycles. The number of halogens is 1. The molecule has 0 bridgehead atoms. The van der Waals surface area contributed by atoms with E-state index in [1.165, 1.54) is 12.1 Å². The third-order valence-electron chi connectivity index (χ3n) is 3.73. The molecule has 2 rings (SSSR count). The Morgan fingerprint density at radius 3 is 2.65 bits per heavy atom. The Hall–Kier alpha value is -1.66. The van der Waals surface area contributed by atoms with Crippen LogP contribution >= 0.6 is 0 Å². The summed E-state index contributed by atoms with van der Waals surface area (Å²) < 4.78 is 13.6. The van der Waals surface area contributed by atoms with Gasteiger partial charge in [0.15, 0.2) is 5.84 Å². The average molecular weight is 281 g/mol. The van der Waals surface area contributed by atoms with Crippen LogP contribution < -0.4 is 5.73 Å². The lowest BCUT2D eigenvalue weighted by Gasteiger charge is -2.31. The molecule has 1 aliphatic rings. The topological polar surface area (TPSA) is 82.1 Å². The summed E-state index contributed by atoms with van der Waals surface area (Å²) >= 11 is 0. The monoisotopic (exact) mass is 281 g/mol. The van der Waals surface area contributed by atoms with E-state index < -0.39 is 5.82 Å². The van der Waals surface area contributed by atoms with Crippen molar-refractivity contribution in [3.05, 3.63) is 35.1 Å². The van der Waals surface area contributed by atoms with Gasteiger partial charge in [0, 0.05) is 18.7 Å². The molecule has 1 aromatic carbocycles. The summed E-state index contributed by atoms with van der Waals surface area (Å²) in [5, 5.41) is 20.7. The number of hydrogen-bond donors (Lipinski definition) is 3. The molecule has 0 atom stereocenters. The van der Waals surface area contributed by atoms with Gasteiger partial charge in [0.2, 0.25) is 0 Å². The predicted octanol–water partition coefficient (Wildman–Crippen LogP) is 1.12. The van der Waals surface area contributed by atoms with E-state index >= 15 is 0 Å². The fraction of sp³-hybridized carbons (Fsp3) is 0.500. The molecule has 0 unspecified atom stereocenters. The molecule has 110 valence electrons. The highest BCUT2D eigenvalue weighted by molar-refractivity contribution is 5.97. The summed E-state index contributed by atoms with van der Waals surface area (Å²) in [7, 11) is 0. The second-order valence-electron chi connectivity index (χ2n) is 5.24. The van der Waals surface area contributed by atoms with Crippen LogP contribution in [0.4, 0.5) is 4.39 Å². The molecule has 0 aliphatic carbocycles. The Balaban J connectivity index is 2.04. The third-order valence-corrected chi connectivity index (χ3v) is 3.73. The highest BCUT2D eigenvalue weighted by Crippen LogP contribution is 2.19. The zero-order valence-corrected chi connectivity index (χ0v) is 11.3. The summed E-state index contributed by atoms with van der Waals surface area (Å²) in [6, 6.07) is 4.44. The van der Waals surface area contributed by atoms with Crippen LogP contribution in [-0.2, 0) is 6.54 Å². The molecule has 1 fully saturated rings. The zero-order valence-electron chi connectivity index (χ0n) is 11.3. The standard InChI is InChI=1S/C14H20FN3O2/c15-13-6-11(5-12(7-13)14(16)17-20)8-18-3-1-10(9-19)2-4-18/h5-7,10,19-20H,1-4,8-9H2,(H2,16,17). The SMILES string of the molecule is N/C(=N/O)c1cc(F)cc(CN2CCC(CO)CC2)c1. The van der Waals surface area contributed by atoms with E-state index in [2.05, 4.69) is 10.1 Å². The molecule has 6 heteroatoms. The van der Waals surface area contributed by atoms with E-state index in [1.54, 1.807) is 6.07 Å². The van der Waals surface area contributed by atoms with Crippen molar-refractivity contribution in [1.29, 1.82) is 0 Å². The second-order valence-corrected chi connectivity index (χ2v) is 5.24. The van der Waals surface area contributed by atoms with Crippen LogP contribution in [0.3, 0.4) is 0 Å². The summed E-state index contributed by atoms with van der Waals surface area (Å²) in [5.74, 6) is -0.106. The van der Waals surface area contributed by atoms with Gasteiger partial charge in [-0.1, -0.05) is 5.16 Å². The normalized spacial score (nSPS) is 18.4. The summed E-state index contributed by atoms with van der Waals surface area (Å²) in [5.41, 5.74) is 6.68. The molecule has 0 aromatic heterocycles. The first kappa shape index (κ1) is 14.7. The third kappa shape index (κ3) is 3.68. The molecule has 4 N–H and O–H groups in total. The molecular weight excluding hydrogens is 261 g/mol. The van der Waals surface area contributed by atoms with Crippen LogP contribution in [0.5, 0.6) is 0 Å². The van der Waals surface area contributed by atoms with Gasteiger partial charge in [0.1, 0.15) is 5.82 Å². The molecule has 1 aromatic rings. The number of rotatable bonds is 4. The second kappa shape index (κ2) is 6.67. The fourth-order valence-corrected chi connectivity index (χ4v) is 2.53. The molecule has 20 heavy (non-hydrogen) atoms. The molecule has 0 amide bonds. The van der Waals surface area contributed by atoms with E-state index in [4.69, 9.17) is 16.0 Å². The number of nitrogens with two attached hydrogens (primary N) is 1. The molecule has 0 radical (unpaired) electrons. The molecule has 5 nitrogen and oxygen atoms in total. The highest BCUT2D eigenvalue weighted by atomic mass is 19.1. The van der Waals surface area contributed by atoms with Crippen molar-refractivity contribution in [2.45, 2.75) is 19.4 Å². The van der Waals surface area contributed by atoms with Crippen molar-refractivity contribution < 1.29 is 14.7 Å². The first-order chi connectivity index (χ1) is 9.62. The average Bonchev–Trinajstić information content (AvgIpc) is 2.46. The van der Waals surface area contributed by atoms with Crippen LogP contribution in [0.2, 0.25) is 0 Å². The van der Waals surface area contributed by atoms with Gasteiger partial charge in [-0.3, -0.25) is 4.90 Å². The Bertz CT molecular complexity index is 485. The van der Waals surface area contributed by atoms with Crippen molar-refractivity contribution in [2.24, 2.45) is 16.8 Å². The van der Waals surface area contributed by atoms with E-state index in [0.717, 1.165) is 31.5 Å². The van der Waals surface area contributed by atoms with Crippen LogP contribution in [0.25, 0.3) is 0 Å². The quantitative estimate of drug-likeness (QED) is 0.334. The highest BCUT2D eigenvalue weighted by Gasteiger charge is 2.18. The summed E-state index contributed by atoms with van der Waals surface area (Å²) in [6.07, 6.45) is 1.91. The number of nitrogens with zero attached hydrogens (tertiary/aromatic N) is 2. The van der Waals surface area contributed by atoms with Gasteiger partial charge >= 0.3 is 0 Å². The van der Waals surface area contributed by atoms with Gasteiger partial charge in [0.05, 0.1) is 0 Å². The van der Waals surface area contributed by atoms with Crippen molar-refractivity contribution in [2.75, 3.05) is 19.7 Å². The largest absolute Gasteiger partial charge is 0.409 e. The lowest BCUT2D eigenvalue weighted by atomic mass is 9.97. The van der Waals surface area contributed by atoms with Crippen molar-refractivity contribution in [3.63, 3.8) is 0 Å². The van der Waals surface area contributed by atoms with E-state index in [9.17, 15) is 4.39 Å². The van der Waals surface area contributed by atoms with Crippen LogP contribution in [-0.4, -0.2) is 40.7 Å². The maximum absolute atomic E-state index is 13.6. The number of likely N-dealkylation sites (tertiary alicyclic amines) is 1. The minimum atomic E-state index is -0.394. The lowest BCUT2D eigenvalue weighted by molar-refractivity contribution is 0.127. The number of aliphatic hydroxyl groups excluding tert-OH is 1. The van der Waals surface area contributed by atoms with Crippen molar-refractivity contribution in [1.82, 2.24) is 4.90 Å². The molecule has 0 saturated carbocycles. The Labute approximate surface area is 117 Å². The lowest BCUT2D eigenvalue weighted by Crippen LogP contribution is -2.34. The van der Waals surface area contributed by atoms with Gasteiger partial charge in [-0.25, -0.2) is 4.39 Å². The number of hydrogen-bond acceptors (Lipinski definition) is 4. The van der Waals surface area contributed by atoms with Gasteiger partial charge in [-0.2, -0.15) is 0 Å². The number of benzene rings is 1. The molecule has 1 aliphatic heterocycles. The van der Waals surface area contributed by atoms with Gasteiger partial charge in [0.25, 0.3) is 0 Å². The maximum Gasteiger partial charge on any atom is 0.170 e. The molecule has 0 spiro atoms. The van der Waals surface area contributed by atoms with E-state index in [-0.39, 0.29) is 12.4 Å². The fourth-order valence-electron chi connectivity index (χ4n) is 2.53. The smallest absolute Gasteiger partial charge is 0.170 e. The number of piperidine rings is 1. The zero-order chi connectivity index (χ0) is 14.5. The maximum atomic E-state index is 13.6. The van der Waals surface area contributed by atoms with E-state index in [1.807, 2.05) is 0 Å². The van der Waals surface area contributed by atoms with Crippen LogP contribution in [0.1, 0.15) is 24.0 Å². The first-order valence-electron chi connectivity index (χ1n) is 6.73. The number of oxime groups is 1. The Kier molecular flexibility index (Phi) is 4.92. The van der Waals surface area contributed by atoms with Crippen LogP contribution in [0.15, 0.2) is 23.4 Å². The number of aliphatic hydroxyl groups is 1. The number of amidine groups is 1. The summed E-state index contributed by atoms with van der Waals surface area (Å²) in [6.45, 7) is 2.64. The minimum absolute atomic E-state index is 0.0928. The molecule has 1 heterocycles. The van der Waals surface area contributed by atoms with Gasteiger partial charge in [-0.05, 0) is 55.6 Å². The first-order valence-corrected chi connectivity index (χ1v) is 6.73. The molecular formula is C14H20FN3O2. The Morgan fingerprint density at radius 2 is 2.05 bits per heavy atom. The van der Waals surface area contributed by atoms with Gasteiger partial charge < -0.3 is 16.0 Å². The summed E-state index contributed by atoms with van der Waals surface area (Å²) in [4.78, 5) is 2.22. The predicted molar refractivity (Wildman–Crippen MR) is 74.0 cm³/mol. The Morgan fingerprint density at radius 1 is 1.35 bits per heavy atom. The van der Waals surface area contributed by atoms with Gasteiger partial charge in [-0.15, -0.1) is 0 Å².